The molecule has 4 saturated carbocycles. The van der Waals surface area contributed by atoms with Crippen molar-refractivity contribution in [2.45, 2.75) is 120 Å². The smallest absolute Gasteiger partial charge is 0.298 e. The fourth-order valence-corrected chi connectivity index (χ4v) is 13.0. The number of fused-ring (bicyclic) bond motifs is 7. The van der Waals surface area contributed by atoms with Crippen molar-refractivity contribution in [2.75, 3.05) is 0 Å². The molecule has 5 aliphatic carbocycles. The minimum Gasteiger partial charge on any atom is -0.428 e. The number of rotatable bonds is 5. The van der Waals surface area contributed by atoms with Gasteiger partial charge in [-0.05, 0) is 157 Å². The summed E-state index contributed by atoms with van der Waals surface area (Å²) in [5.74, 6) is 4.54. The van der Waals surface area contributed by atoms with E-state index in [4.69, 9.17) is 4.74 Å². The van der Waals surface area contributed by atoms with E-state index < -0.39 is 0 Å². The Bertz CT molecular complexity index is 1270. The number of carbonyl (C=O) groups excluding carboxylic acids is 1. The molecular formula is C39H56O2. The van der Waals surface area contributed by atoms with Crippen LogP contribution in [0.4, 0.5) is 0 Å². The molecule has 1 aromatic carbocycles. The van der Waals surface area contributed by atoms with E-state index in [-0.39, 0.29) is 5.41 Å². The summed E-state index contributed by atoms with van der Waals surface area (Å²) in [6.45, 7) is 25.2. The van der Waals surface area contributed by atoms with E-state index in [0.29, 0.717) is 39.8 Å². The van der Waals surface area contributed by atoms with Crippen molar-refractivity contribution in [1.29, 1.82) is 0 Å². The molecule has 9 atom stereocenters. The molecule has 6 rings (SSSR count). The molecule has 1 aromatic rings. The van der Waals surface area contributed by atoms with Gasteiger partial charge in [-0.1, -0.05) is 72.3 Å². The van der Waals surface area contributed by atoms with E-state index in [1.807, 2.05) is 13.0 Å². The minimum absolute atomic E-state index is 0.103. The first kappa shape index (κ1) is 29.3. The largest absolute Gasteiger partial charge is 0.428 e. The molecule has 0 aromatic heterocycles. The van der Waals surface area contributed by atoms with Gasteiger partial charge in [-0.15, -0.1) is 0 Å². The standard InChI is InChI=1S/C39H56O2/c1-10-39-20-15-28(25(2)3)34(39)30-12-14-33-36(7)18-16-29(27-11-13-31(41-24-40)26(4)23-27)35(5,6)32(36)17-19-38(33,9)37(30,8)21-22-39/h11,13,16,23-24,28,30,32-34H,2,10,12,14-15,17-22H2,1,3-9H3/t28-,30+,32-,33+,34+,36-,37+,38+,39+/m0/s1. The normalized spacial score (nSPS) is 44.5. The van der Waals surface area contributed by atoms with Crippen molar-refractivity contribution in [2.24, 2.45) is 56.7 Å². The van der Waals surface area contributed by atoms with Gasteiger partial charge in [-0.2, -0.15) is 0 Å². The van der Waals surface area contributed by atoms with Crippen molar-refractivity contribution in [3.63, 3.8) is 0 Å². The predicted octanol–water partition coefficient (Wildman–Crippen LogP) is 10.6. The maximum Gasteiger partial charge on any atom is 0.298 e. The minimum atomic E-state index is 0.103. The number of carbonyl (C=O) groups is 1. The Kier molecular flexibility index (Phi) is 6.84. The van der Waals surface area contributed by atoms with Crippen LogP contribution in [0.3, 0.4) is 0 Å². The molecular weight excluding hydrogens is 500 g/mol. The highest BCUT2D eigenvalue weighted by molar-refractivity contribution is 5.73. The summed E-state index contributed by atoms with van der Waals surface area (Å²) in [5, 5.41) is 0. The van der Waals surface area contributed by atoms with Crippen molar-refractivity contribution in [3.05, 3.63) is 47.6 Å². The Hall–Kier alpha value is -1.83. The van der Waals surface area contributed by atoms with Gasteiger partial charge in [-0.3, -0.25) is 4.79 Å². The second-order valence-corrected chi connectivity index (χ2v) is 16.6. The lowest BCUT2D eigenvalue weighted by Gasteiger charge is -2.72. The van der Waals surface area contributed by atoms with Gasteiger partial charge < -0.3 is 4.74 Å². The molecule has 0 saturated heterocycles. The van der Waals surface area contributed by atoms with Gasteiger partial charge in [0.15, 0.2) is 0 Å². The predicted molar refractivity (Wildman–Crippen MR) is 170 cm³/mol. The van der Waals surface area contributed by atoms with Crippen LogP contribution in [0.2, 0.25) is 0 Å². The Labute approximate surface area is 250 Å². The van der Waals surface area contributed by atoms with Gasteiger partial charge in [0.05, 0.1) is 0 Å². The highest BCUT2D eigenvalue weighted by Crippen LogP contribution is 2.78. The monoisotopic (exact) mass is 556 g/mol. The van der Waals surface area contributed by atoms with Crippen molar-refractivity contribution < 1.29 is 9.53 Å². The van der Waals surface area contributed by atoms with Crippen LogP contribution in [0, 0.1) is 63.6 Å². The van der Waals surface area contributed by atoms with Gasteiger partial charge in [0.2, 0.25) is 0 Å². The van der Waals surface area contributed by atoms with Crippen LogP contribution in [0.5, 0.6) is 5.75 Å². The molecule has 0 bridgehead atoms. The SMILES string of the molecule is C=C(C)[C@@H]1CC[C@]2(CC)CC[C@]3(C)[C@H](CC[C@@H]4[C@@]5(C)CC=C(c6ccc(OC=O)c(C)c6)C(C)(C)[C@@H]5CC[C@]43C)[C@@H]12. The molecule has 0 aliphatic heterocycles. The van der Waals surface area contributed by atoms with E-state index in [2.05, 4.69) is 73.3 Å². The molecule has 0 unspecified atom stereocenters. The molecule has 41 heavy (non-hydrogen) atoms. The molecule has 2 nitrogen and oxygen atoms in total. The van der Waals surface area contributed by atoms with E-state index in [9.17, 15) is 4.79 Å². The highest BCUT2D eigenvalue weighted by Gasteiger charge is 2.70. The average Bonchev–Trinajstić information content (AvgIpc) is 3.31. The zero-order valence-corrected chi connectivity index (χ0v) is 27.4. The first-order valence-electron chi connectivity index (χ1n) is 16.9. The summed E-state index contributed by atoms with van der Waals surface area (Å²) in [7, 11) is 0. The number of aryl methyl sites for hydroxylation is 1. The van der Waals surface area contributed by atoms with Crippen LogP contribution in [-0.2, 0) is 4.79 Å². The first-order chi connectivity index (χ1) is 19.3. The fourth-order valence-electron chi connectivity index (χ4n) is 13.0. The molecule has 0 amide bonds. The van der Waals surface area contributed by atoms with Crippen LogP contribution in [0.1, 0.15) is 124 Å². The molecule has 224 valence electrons. The quantitative estimate of drug-likeness (QED) is 0.266. The Morgan fingerprint density at radius 3 is 2.39 bits per heavy atom. The average molecular weight is 557 g/mol. The Morgan fingerprint density at radius 1 is 0.976 bits per heavy atom. The molecule has 0 spiro atoms. The zero-order chi connectivity index (χ0) is 29.6. The Morgan fingerprint density at radius 2 is 1.73 bits per heavy atom. The van der Waals surface area contributed by atoms with Crippen LogP contribution < -0.4 is 4.74 Å². The topological polar surface area (TPSA) is 26.3 Å². The molecule has 0 N–H and O–H groups in total. The first-order valence-corrected chi connectivity index (χ1v) is 16.9. The molecule has 4 fully saturated rings. The number of ether oxygens (including phenoxy) is 1. The van der Waals surface area contributed by atoms with E-state index >= 15 is 0 Å². The second kappa shape index (κ2) is 9.59. The third-order valence-electron chi connectivity index (χ3n) is 15.2. The van der Waals surface area contributed by atoms with Gasteiger partial charge >= 0.3 is 0 Å². The fraction of sp³-hybridized carbons (Fsp3) is 0.718. The van der Waals surface area contributed by atoms with Crippen LogP contribution in [-0.4, -0.2) is 6.47 Å². The molecule has 5 aliphatic rings. The number of hydrogen-bond acceptors (Lipinski definition) is 2. The van der Waals surface area contributed by atoms with Crippen molar-refractivity contribution in [1.82, 2.24) is 0 Å². The molecule has 0 radical (unpaired) electrons. The van der Waals surface area contributed by atoms with Crippen LogP contribution in [0.15, 0.2) is 36.4 Å². The third-order valence-corrected chi connectivity index (χ3v) is 15.2. The van der Waals surface area contributed by atoms with E-state index in [0.717, 1.165) is 29.2 Å². The zero-order valence-electron chi connectivity index (χ0n) is 27.4. The van der Waals surface area contributed by atoms with Gasteiger partial charge in [0, 0.05) is 0 Å². The second-order valence-electron chi connectivity index (χ2n) is 16.6. The summed E-state index contributed by atoms with van der Waals surface area (Å²) >= 11 is 0. The van der Waals surface area contributed by atoms with Crippen molar-refractivity contribution in [3.8, 4) is 5.75 Å². The van der Waals surface area contributed by atoms with Gasteiger partial charge in [-0.25, -0.2) is 0 Å². The van der Waals surface area contributed by atoms with Crippen molar-refractivity contribution >= 4 is 12.0 Å². The maximum atomic E-state index is 11.0. The number of hydrogen-bond donors (Lipinski definition) is 0. The molecule has 2 heteroatoms. The summed E-state index contributed by atoms with van der Waals surface area (Å²) in [6.07, 6.45) is 16.4. The number of benzene rings is 1. The summed E-state index contributed by atoms with van der Waals surface area (Å²) in [4.78, 5) is 11.0. The Balaban J connectivity index is 1.36. The summed E-state index contributed by atoms with van der Waals surface area (Å²) in [5.41, 5.74) is 7.09. The lowest BCUT2D eigenvalue weighted by Crippen LogP contribution is -2.65. The summed E-state index contributed by atoms with van der Waals surface area (Å²) in [6, 6.07) is 6.38. The molecule has 0 heterocycles. The summed E-state index contributed by atoms with van der Waals surface area (Å²) < 4.78 is 5.21. The van der Waals surface area contributed by atoms with E-state index in [1.165, 1.54) is 80.9 Å². The van der Waals surface area contributed by atoms with Gasteiger partial charge in [0.1, 0.15) is 5.75 Å². The van der Waals surface area contributed by atoms with Crippen LogP contribution >= 0.6 is 0 Å². The lowest BCUT2D eigenvalue weighted by atomic mass is 9.32. The lowest BCUT2D eigenvalue weighted by molar-refractivity contribution is -0.225. The van der Waals surface area contributed by atoms with Gasteiger partial charge in [0.25, 0.3) is 6.47 Å². The maximum absolute atomic E-state index is 11.0. The number of allylic oxidation sites excluding steroid dienone is 3. The third kappa shape index (κ3) is 3.83. The van der Waals surface area contributed by atoms with Crippen LogP contribution in [0.25, 0.3) is 5.57 Å². The highest BCUT2D eigenvalue weighted by atomic mass is 16.5. The van der Waals surface area contributed by atoms with E-state index in [1.54, 1.807) is 0 Å².